The van der Waals surface area contributed by atoms with Crippen LogP contribution < -0.4 is 5.32 Å². The summed E-state index contributed by atoms with van der Waals surface area (Å²) in [4.78, 5) is 22.2. The smallest absolute Gasteiger partial charge is 0.328 e. The van der Waals surface area contributed by atoms with Gasteiger partial charge >= 0.3 is 5.97 Å². The summed E-state index contributed by atoms with van der Waals surface area (Å²) in [6, 6.07) is 0. The van der Waals surface area contributed by atoms with Crippen molar-refractivity contribution in [1.82, 2.24) is 5.32 Å². The minimum absolute atomic E-state index is 0.232. The van der Waals surface area contributed by atoms with Crippen LogP contribution in [0.25, 0.3) is 0 Å². The molecule has 0 saturated carbocycles. The molecule has 0 bridgehead atoms. The van der Waals surface area contributed by atoms with Gasteiger partial charge in [-0.1, -0.05) is 0 Å². The van der Waals surface area contributed by atoms with Crippen LogP contribution in [0.15, 0.2) is 0 Å². The molecule has 0 aromatic heterocycles. The van der Waals surface area contributed by atoms with E-state index in [0.29, 0.717) is 13.2 Å². The summed E-state index contributed by atoms with van der Waals surface area (Å²) in [5.41, 5.74) is 0. The number of ether oxygens (including phenoxy) is 1. The van der Waals surface area contributed by atoms with Gasteiger partial charge in [0.1, 0.15) is 0 Å². The lowest BCUT2D eigenvalue weighted by Gasteiger charge is -2.19. The molecule has 4 nitrogen and oxygen atoms in total. The molecule has 1 saturated heterocycles. The van der Waals surface area contributed by atoms with Crippen molar-refractivity contribution in [2.24, 2.45) is 0 Å². The molecule has 68 valence electrons. The molecule has 1 N–H and O–H groups in total. The van der Waals surface area contributed by atoms with Crippen molar-refractivity contribution in [3.05, 3.63) is 0 Å². The van der Waals surface area contributed by atoms with Crippen LogP contribution in [0, 0.1) is 0 Å². The van der Waals surface area contributed by atoms with Crippen molar-refractivity contribution in [3.63, 3.8) is 0 Å². The molecule has 1 amide bonds. The summed E-state index contributed by atoms with van der Waals surface area (Å²) in [7, 11) is 0. The van der Waals surface area contributed by atoms with Gasteiger partial charge in [-0.2, -0.15) is 0 Å². The molecule has 1 aliphatic heterocycles. The van der Waals surface area contributed by atoms with Crippen LogP contribution in [0.4, 0.5) is 0 Å². The molecule has 5 heteroatoms. The summed E-state index contributed by atoms with van der Waals surface area (Å²) in [6.45, 7) is 2.69. The Balaban J connectivity index is 2.48. The first-order valence-corrected chi connectivity index (χ1v) is 4.86. The summed E-state index contributed by atoms with van der Waals surface area (Å²) in [5, 5.41) is 1.96. The summed E-state index contributed by atoms with van der Waals surface area (Å²) in [6.07, 6.45) is 0. The van der Waals surface area contributed by atoms with Gasteiger partial charge in [0.05, 0.1) is 6.61 Å². The predicted molar refractivity (Wildman–Crippen MR) is 45.9 cm³/mol. The zero-order valence-corrected chi connectivity index (χ0v) is 7.65. The van der Waals surface area contributed by atoms with E-state index in [2.05, 4.69) is 5.32 Å². The maximum absolute atomic E-state index is 11.1. The van der Waals surface area contributed by atoms with Crippen LogP contribution in [-0.4, -0.2) is 36.0 Å². The molecule has 0 aliphatic carbocycles. The van der Waals surface area contributed by atoms with Crippen LogP contribution in [0.5, 0.6) is 0 Å². The number of nitrogens with one attached hydrogen (secondary N) is 1. The zero-order valence-electron chi connectivity index (χ0n) is 6.83. The van der Waals surface area contributed by atoms with E-state index in [0.717, 1.165) is 5.75 Å². The highest BCUT2D eigenvalue weighted by Crippen LogP contribution is 2.15. The molecule has 12 heavy (non-hydrogen) atoms. The first-order chi connectivity index (χ1) is 5.75. The van der Waals surface area contributed by atoms with E-state index in [-0.39, 0.29) is 5.91 Å². The Bertz CT molecular complexity index is 195. The normalized spacial score (nSPS) is 23.1. The number of amides is 1. The van der Waals surface area contributed by atoms with Crippen LogP contribution in [-0.2, 0) is 14.3 Å². The molecule has 1 rings (SSSR count). The van der Waals surface area contributed by atoms with Crippen molar-refractivity contribution >= 4 is 23.6 Å². The van der Waals surface area contributed by atoms with E-state index in [4.69, 9.17) is 4.74 Å². The third-order valence-electron chi connectivity index (χ3n) is 1.42. The second-order valence-electron chi connectivity index (χ2n) is 2.29. The van der Waals surface area contributed by atoms with Gasteiger partial charge in [-0.15, -0.1) is 11.8 Å². The first kappa shape index (κ1) is 9.38. The lowest BCUT2D eigenvalue weighted by Crippen LogP contribution is -2.44. The minimum atomic E-state index is -0.654. The standard InChI is InChI=1S/C7H11NO3S/c1-2-11-7(10)5-6(9)8-3-4-12-5/h5H,2-4H2,1H3,(H,8,9)/t5-/m0/s1. The number of hydrogen-bond donors (Lipinski definition) is 1. The Labute approximate surface area is 75.0 Å². The van der Waals surface area contributed by atoms with Crippen molar-refractivity contribution in [2.45, 2.75) is 12.2 Å². The molecular weight excluding hydrogens is 178 g/mol. The highest BCUT2D eigenvalue weighted by molar-refractivity contribution is 8.01. The van der Waals surface area contributed by atoms with Gasteiger partial charge in [-0.3, -0.25) is 9.59 Å². The summed E-state index contributed by atoms with van der Waals surface area (Å²) in [5.74, 6) is 0.110. The molecule has 1 fully saturated rings. The molecular formula is C7H11NO3S. The van der Waals surface area contributed by atoms with Crippen molar-refractivity contribution in [1.29, 1.82) is 0 Å². The van der Waals surface area contributed by atoms with Crippen LogP contribution in [0.1, 0.15) is 6.92 Å². The van der Waals surface area contributed by atoms with E-state index in [1.807, 2.05) is 0 Å². The molecule has 0 radical (unpaired) electrons. The van der Waals surface area contributed by atoms with Gasteiger partial charge < -0.3 is 10.1 Å². The van der Waals surface area contributed by atoms with Gasteiger partial charge in [0.15, 0.2) is 5.25 Å². The Morgan fingerprint density at radius 2 is 2.58 bits per heavy atom. The Hall–Kier alpha value is -0.710. The fraction of sp³-hybridized carbons (Fsp3) is 0.714. The fourth-order valence-corrected chi connectivity index (χ4v) is 1.81. The largest absolute Gasteiger partial charge is 0.465 e. The molecule has 1 atom stereocenters. The number of thioether (sulfide) groups is 1. The Morgan fingerprint density at radius 1 is 1.83 bits per heavy atom. The number of carbonyl (C=O) groups is 2. The summed E-state index contributed by atoms with van der Waals surface area (Å²) >= 11 is 1.33. The lowest BCUT2D eigenvalue weighted by atomic mass is 10.4. The van der Waals surface area contributed by atoms with Gasteiger partial charge in [-0.25, -0.2) is 0 Å². The maximum atomic E-state index is 11.1. The number of rotatable bonds is 2. The van der Waals surface area contributed by atoms with Gasteiger partial charge in [0, 0.05) is 12.3 Å². The Morgan fingerprint density at radius 3 is 3.17 bits per heavy atom. The molecule has 0 aromatic carbocycles. The molecule has 1 aliphatic rings. The third kappa shape index (κ3) is 2.14. The van der Waals surface area contributed by atoms with Crippen LogP contribution in [0.2, 0.25) is 0 Å². The maximum Gasteiger partial charge on any atom is 0.328 e. The van der Waals surface area contributed by atoms with Crippen molar-refractivity contribution < 1.29 is 14.3 Å². The van der Waals surface area contributed by atoms with Crippen molar-refractivity contribution in [2.75, 3.05) is 18.9 Å². The highest BCUT2D eigenvalue weighted by atomic mass is 32.2. The van der Waals surface area contributed by atoms with Crippen molar-refractivity contribution in [3.8, 4) is 0 Å². The monoisotopic (exact) mass is 189 g/mol. The lowest BCUT2D eigenvalue weighted by molar-refractivity contribution is -0.145. The average molecular weight is 189 g/mol. The second-order valence-corrected chi connectivity index (χ2v) is 3.51. The highest BCUT2D eigenvalue weighted by Gasteiger charge is 2.30. The quantitative estimate of drug-likeness (QED) is 0.482. The molecule has 0 spiro atoms. The number of carbonyl (C=O) groups excluding carboxylic acids is 2. The Kier molecular flexibility index (Phi) is 3.40. The van der Waals surface area contributed by atoms with Gasteiger partial charge in [-0.05, 0) is 6.92 Å². The predicted octanol–water partition coefficient (Wildman–Crippen LogP) is -0.219. The molecule has 0 aromatic rings. The second kappa shape index (κ2) is 4.35. The van der Waals surface area contributed by atoms with Crippen LogP contribution in [0.3, 0.4) is 0 Å². The minimum Gasteiger partial charge on any atom is -0.465 e. The number of hydrogen-bond acceptors (Lipinski definition) is 4. The average Bonchev–Trinajstić information content (AvgIpc) is 2.05. The number of esters is 1. The SMILES string of the molecule is CCOC(=O)[C@H]1SCCNC1=O. The summed E-state index contributed by atoms with van der Waals surface area (Å²) < 4.78 is 4.73. The van der Waals surface area contributed by atoms with E-state index < -0.39 is 11.2 Å². The van der Waals surface area contributed by atoms with E-state index in [1.165, 1.54) is 11.8 Å². The van der Waals surface area contributed by atoms with Gasteiger partial charge in [0.25, 0.3) is 0 Å². The fourth-order valence-electron chi connectivity index (χ4n) is 0.912. The third-order valence-corrected chi connectivity index (χ3v) is 2.60. The van der Waals surface area contributed by atoms with Crippen LogP contribution >= 0.6 is 11.8 Å². The van der Waals surface area contributed by atoms with E-state index in [1.54, 1.807) is 6.92 Å². The van der Waals surface area contributed by atoms with Gasteiger partial charge in [0.2, 0.25) is 5.91 Å². The molecule has 0 unspecified atom stereocenters. The van der Waals surface area contributed by atoms with E-state index in [9.17, 15) is 9.59 Å². The zero-order chi connectivity index (χ0) is 8.97. The van der Waals surface area contributed by atoms with E-state index >= 15 is 0 Å². The first-order valence-electron chi connectivity index (χ1n) is 3.81. The molecule has 1 heterocycles. The topological polar surface area (TPSA) is 55.4 Å².